The summed E-state index contributed by atoms with van der Waals surface area (Å²) >= 11 is 0. The van der Waals surface area contributed by atoms with E-state index in [-0.39, 0.29) is 11.9 Å². The summed E-state index contributed by atoms with van der Waals surface area (Å²) in [6.07, 6.45) is 0.126. The molecule has 0 unspecified atom stereocenters. The lowest BCUT2D eigenvalue weighted by atomic mass is 10.1. The molecule has 1 heterocycles. The summed E-state index contributed by atoms with van der Waals surface area (Å²) < 4.78 is 11.2. The first kappa shape index (κ1) is 15.0. The van der Waals surface area contributed by atoms with E-state index in [1.807, 2.05) is 32.0 Å². The zero-order valence-corrected chi connectivity index (χ0v) is 12.5. The van der Waals surface area contributed by atoms with E-state index in [1.165, 1.54) is 0 Å². The molecule has 20 heavy (non-hydrogen) atoms. The van der Waals surface area contributed by atoms with Crippen molar-refractivity contribution in [2.45, 2.75) is 33.4 Å². The standard InChI is InChI=1S/C16H23NO3/c1-12(2)20-16-5-4-14(13(3)18)10-15(16)11-17-6-8-19-9-7-17/h4-5,10,12H,6-9,11H2,1-3H3. The minimum Gasteiger partial charge on any atom is -0.491 e. The van der Waals surface area contributed by atoms with Crippen LogP contribution in [-0.4, -0.2) is 43.1 Å². The molecule has 0 radical (unpaired) electrons. The number of rotatable bonds is 5. The van der Waals surface area contributed by atoms with Crippen molar-refractivity contribution in [3.05, 3.63) is 29.3 Å². The summed E-state index contributed by atoms with van der Waals surface area (Å²) in [4.78, 5) is 13.9. The Labute approximate surface area is 120 Å². The zero-order chi connectivity index (χ0) is 14.5. The van der Waals surface area contributed by atoms with Gasteiger partial charge in [0, 0.05) is 30.8 Å². The second kappa shape index (κ2) is 6.86. The van der Waals surface area contributed by atoms with Gasteiger partial charge in [0.2, 0.25) is 0 Å². The van der Waals surface area contributed by atoms with E-state index in [9.17, 15) is 4.79 Å². The van der Waals surface area contributed by atoms with Gasteiger partial charge >= 0.3 is 0 Å². The Morgan fingerprint density at radius 1 is 1.35 bits per heavy atom. The number of benzene rings is 1. The van der Waals surface area contributed by atoms with Crippen molar-refractivity contribution in [2.24, 2.45) is 0 Å². The average molecular weight is 277 g/mol. The van der Waals surface area contributed by atoms with Gasteiger partial charge in [-0.15, -0.1) is 0 Å². The molecule has 0 N–H and O–H groups in total. The molecule has 1 saturated heterocycles. The van der Waals surface area contributed by atoms with Gasteiger partial charge in [0.05, 0.1) is 19.3 Å². The van der Waals surface area contributed by atoms with Gasteiger partial charge in [-0.1, -0.05) is 0 Å². The summed E-state index contributed by atoms with van der Waals surface area (Å²) in [6.45, 7) is 9.80. The van der Waals surface area contributed by atoms with E-state index in [0.29, 0.717) is 0 Å². The van der Waals surface area contributed by atoms with Crippen LogP contribution in [0, 0.1) is 0 Å². The average Bonchev–Trinajstić information content (AvgIpc) is 2.41. The molecule has 1 aromatic rings. The van der Waals surface area contributed by atoms with Crippen LogP contribution in [0.4, 0.5) is 0 Å². The fourth-order valence-electron chi connectivity index (χ4n) is 2.29. The van der Waals surface area contributed by atoms with Gasteiger partial charge in [0.25, 0.3) is 0 Å². The molecule has 2 rings (SSSR count). The highest BCUT2D eigenvalue weighted by Gasteiger charge is 2.15. The third-order valence-electron chi connectivity index (χ3n) is 3.33. The zero-order valence-electron chi connectivity index (χ0n) is 12.5. The fourth-order valence-corrected chi connectivity index (χ4v) is 2.29. The Morgan fingerprint density at radius 3 is 2.65 bits per heavy atom. The Morgan fingerprint density at radius 2 is 2.05 bits per heavy atom. The van der Waals surface area contributed by atoms with Crippen LogP contribution < -0.4 is 4.74 Å². The minimum atomic E-state index is 0.0873. The molecule has 0 saturated carbocycles. The van der Waals surface area contributed by atoms with Crippen LogP contribution in [0.5, 0.6) is 5.75 Å². The molecule has 4 heteroatoms. The lowest BCUT2D eigenvalue weighted by Gasteiger charge is -2.27. The number of hydrogen-bond acceptors (Lipinski definition) is 4. The second-order valence-corrected chi connectivity index (χ2v) is 5.43. The quantitative estimate of drug-likeness (QED) is 0.775. The molecule has 0 atom stereocenters. The maximum Gasteiger partial charge on any atom is 0.159 e. The first-order valence-electron chi connectivity index (χ1n) is 7.17. The van der Waals surface area contributed by atoms with E-state index in [1.54, 1.807) is 6.92 Å². The van der Waals surface area contributed by atoms with Crippen molar-refractivity contribution in [2.75, 3.05) is 26.3 Å². The molecule has 1 aliphatic rings. The van der Waals surface area contributed by atoms with Gasteiger partial charge in [-0.05, 0) is 39.0 Å². The van der Waals surface area contributed by atoms with Gasteiger partial charge < -0.3 is 9.47 Å². The molecule has 1 aromatic carbocycles. The Hall–Kier alpha value is -1.39. The van der Waals surface area contributed by atoms with Gasteiger partial charge in [-0.25, -0.2) is 0 Å². The summed E-state index contributed by atoms with van der Waals surface area (Å²) in [5.74, 6) is 0.959. The van der Waals surface area contributed by atoms with E-state index in [2.05, 4.69) is 4.90 Å². The summed E-state index contributed by atoms with van der Waals surface area (Å²) in [6, 6.07) is 5.70. The third-order valence-corrected chi connectivity index (χ3v) is 3.33. The topological polar surface area (TPSA) is 38.8 Å². The predicted molar refractivity (Wildman–Crippen MR) is 78.3 cm³/mol. The van der Waals surface area contributed by atoms with Crippen LogP contribution in [0.3, 0.4) is 0 Å². The van der Waals surface area contributed by atoms with Crippen molar-refractivity contribution in [1.82, 2.24) is 4.90 Å². The SMILES string of the molecule is CC(=O)c1ccc(OC(C)C)c(CN2CCOCC2)c1. The highest BCUT2D eigenvalue weighted by Crippen LogP contribution is 2.24. The van der Waals surface area contributed by atoms with Crippen LogP contribution in [0.1, 0.15) is 36.7 Å². The lowest BCUT2D eigenvalue weighted by molar-refractivity contribution is 0.0336. The molecule has 0 bridgehead atoms. The van der Waals surface area contributed by atoms with Gasteiger partial charge in [-0.2, -0.15) is 0 Å². The predicted octanol–water partition coefficient (Wildman–Crippen LogP) is 2.51. The van der Waals surface area contributed by atoms with Gasteiger partial charge in [0.1, 0.15) is 5.75 Å². The molecular formula is C16H23NO3. The first-order chi connectivity index (χ1) is 9.56. The monoisotopic (exact) mass is 277 g/mol. The molecule has 1 aliphatic heterocycles. The van der Waals surface area contributed by atoms with Gasteiger partial charge in [-0.3, -0.25) is 9.69 Å². The largest absolute Gasteiger partial charge is 0.491 e. The number of nitrogens with zero attached hydrogens (tertiary/aromatic N) is 1. The molecule has 1 fully saturated rings. The second-order valence-electron chi connectivity index (χ2n) is 5.43. The molecule has 0 spiro atoms. The van der Waals surface area contributed by atoms with E-state index in [0.717, 1.165) is 49.7 Å². The number of carbonyl (C=O) groups excluding carboxylic acids is 1. The van der Waals surface area contributed by atoms with Crippen LogP contribution in [-0.2, 0) is 11.3 Å². The van der Waals surface area contributed by atoms with Crippen molar-refractivity contribution in [3.63, 3.8) is 0 Å². The number of morpholine rings is 1. The maximum absolute atomic E-state index is 11.5. The highest BCUT2D eigenvalue weighted by molar-refractivity contribution is 5.94. The molecule has 0 aliphatic carbocycles. The molecule has 0 aromatic heterocycles. The fraction of sp³-hybridized carbons (Fsp3) is 0.562. The molecular weight excluding hydrogens is 254 g/mol. The third kappa shape index (κ3) is 4.05. The number of carbonyl (C=O) groups is 1. The molecule has 4 nitrogen and oxygen atoms in total. The van der Waals surface area contributed by atoms with Crippen LogP contribution in [0.2, 0.25) is 0 Å². The summed E-state index contributed by atoms with van der Waals surface area (Å²) in [7, 11) is 0. The smallest absolute Gasteiger partial charge is 0.159 e. The summed E-state index contributed by atoms with van der Waals surface area (Å²) in [5, 5.41) is 0. The van der Waals surface area contributed by atoms with Gasteiger partial charge in [0.15, 0.2) is 5.78 Å². The lowest BCUT2D eigenvalue weighted by Crippen LogP contribution is -2.35. The maximum atomic E-state index is 11.5. The number of ketones is 1. The van der Waals surface area contributed by atoms with Crippen molar-refractivity contribution >= 4 is 5.78 Å². The van der Waals surface area contributed by atoms with Crippen LogP contribution in [0.15, 0.2) is 18.2 Å². The van der Waals surface area contributed by atoms with E-state index < -0.39 is 0 Å². The first-order valence-corrected chi connectivity index (χ1v) is 7.17. The Balaban J connectivity index is 2.20. The normalized spacial score (nSPS) is 16.4. The van der Waals surface area contributed by atoms with Crippen molar-refractivity contribution < 1.29 is 14.3 Å². The van der Waals surface area contributed by atoms with Crippen molar-refractivity contribution in [3.8, 4) is 5.75 Å². The number of ether oxygens (including phenoxy) is 2. The molecule has 110 valence electrons. The highest BCUT2D eigenvalue weighted by atomic mass is 16.5. The van der Waals surface area contributed by atoms with Crippen molar-refractivity contribution in [1.29, 1.82) is 0 Å². The Bertz CT molecular complexity index is 465. The minimum absolute atomic E-state index is 0.0873. The van der Waals surface area contributed by atoms with Crippen LogP contribution in [0.25, 0.3) is 0 Å². The Kier molecular flexibility index (Phi) is 5.15. The van der Waals surface area contributed by atoms with Crippen LogP contribution >= 0.6 is 0 Å². The number of Topliss-reactive ketones (excluding diaryl/α,β-unsaturated/α-hetero) is 1. The molecule has 0 amide bonds. The summed E-state index contributed by atoms with van der Waals surface area (Å²) in [5.41, 5.74) is 1.82. The van der Waals surface area contributed by atoms with E-state index >= 15 is 0 Å². The number of hydrogen-bond donors (Lipinski definition) is 0. The van der Waals surface area contributed by atoms with E-state index in [4.69, 9.17) is 9.47 Å².